The van der Waals surface area contributed by atoms with Crippen molar-refractivity contribution in [1.29, 1.82) is 0 Å². The number of amides is 1. The number of alkyl halides is 3. The van der Waals surface area contributed by atoms with Crippen LogP contribution in [0.2, 0.25) is 5.02 Å². The lowest BCUT2D eigenvalue weighted by molar-refractivity contribution is -0.137. The molecule has 1 aliphatic heterocycles. The minimum absolute atomic E-state index is 0.0365. The number of hydrogen-bond donors (Lipinski definition) is 1. The van der Waals surface area contributed by atoms with Gasteiger partial charge in [-0.25, -0.2) is 8.42 Å². The number of nitrogens with zero attached hydrogens (tertiary/aromatic N) is 2. The second-order valence-corrected chi connectivity index (χ2v) is 9.26. The predicted molar refractivity (Wildman–Crippen MR) is 107 cm³/mol. The summed E-state index contributed by atoms with van der Waals surface area (Å²) in [4.78, 5) is 14.4. The summed E-state index contributed by atoms with van der Waals surface area (Å²) >= 11 is 5.61. The number of sulfonamides is 1. The smallest absolute Gasteiger partial charge is 0.350 e. The van der Waals surface area contributed by atoms with Crippen LogP contribution in [-0.2, 0) is 23.2 Å². The highest BCUT2D eigenvalue weighted by molar-refractivity contribution is 7.92. The zero-order valence-electron chi connectivity index (χ0n) is 16.6. The molecule has 0 radical (unpaired) electrons. The maximum atomic E-state index is 13.2. The second-order valence-electron chi connectivity index (χ2n) is 7.23. The molecule has 1 aromatic carbocycles. The fourth-order valence-electron chi connectivity index (χ4n) is 3.59. The van der Waals surface area contributed by atoms with Crippen LogP contribution in [0.3, 0.4) is 0 Å². The largest absolute Gasteiger partial charge is 0.417 e. The van der Waals surface area contributed by atoms with Crippen LogP contribution in [0.5, 0.6) is 0 Å². The average molecular weight is 464 g/mol. The molecule has 2 heterocycles. The number of anilines is 1. The molecule has 11 heteroatoms. The molecule has 0 spiro atoms. The Bertz CT molecular complexity index is 1100. The molecular weight excluding hydrogens is 443 g/mol. The molecule has 1 aromatic heterocycles. The van der Waals surface area contributed by atoms with Crippen molar-refractivity contribution < 1.29 is 26.4 Å². The Morgan fingerprint density at radius 2 is 1.73 bits per heavy atom. The molecule has 0 saturated carbocycles. The minimum Gasteiger partial charge on any atom is -0.350 e. The summed E-state index contributed by atoms with van der Waals surface area (Å²) in [7, 11) is -2.72. The first-order valence-electron chi connectivity index (χ1n) is 9.19. The van der Waals surface area contributed by atoms with Crippen molar-refractivity contribution in [2.75, 3.05) is 17.8 Å². The zero-order chi connectivity index (χ0) is 22.4. The summed E-state index contributed by atoms with van der Waals surface area (Å²) in [6.45, 7) is 4.25. The van der Waals surface area contributed by atoms with Crippen LogP contribution in [0.1, 0.15) is 40.2 Å². The molecule has 164 valence electrons. The molecule has 0 aliphatic carbocycles. The van der Waals surface area contributed by atoms with E-state index in [0.29, 0.717) is 30.5 Å². The Kier molecular flexibility index (Phi) is 5.85. The van der Waals surface area contributed by atoms with Crippen molar-refractivity contribution in [3.8, 4) is 0 Å². The van der Waals surface area contributed by atoms with Crippen LogP contribution in [0.25, 0.3) is 0 Å². The van der Waals surface area contributed by atoms with E-state index in [9.17, 15) is 26.4 Å². The van der Waals surface area contributed by atoms with Crippen LogP contribution in [0.15, 0.2) is 23.1 Å². The number of hydrogen-bond acceptors (Lipinski definition) is 3. The normalized spacial score (nSPS) is 15.0. The highest BCUT2D eigenvalue weighted by Gasteiger charge is 2.36. The Hall–Kier alpha value is -2.20. The van der Waals surface area contributed by atoms with Gasteiger partial charge in [0.2, 0.25) is 0 Å². The third-order valence-electron chi connectivity index (χ3n) is 5.32. The van der Waals surface area contributed by atoms with Crippen molar-refractivity contribution in [3.05, 3.63) is 45.7 Å². The van der Waals surface area contributed by atoms with E-state index in [-0.39, 0.29) is 16.1 Å². The maximum Gasteiger partial charge on any atom is 0.417 e. The van der Waals surface area contributed by atoms with Crippen molar-refractivity contribution in [1.82, 2.24) is 9.47 Å². The molecule has 30 heavy (non-hydrogen) atoms. The average Bonchev–Trinajstić information content (AvgIpc) is 3.25. The molecule has 1 saturated heterocycles. The van der Waals surface area contributed by atoms with Crippen molar-refractivity contribution in [2.24, 2.45) is 7.05 Å². The van der Waals surface area contributed by atoms with Crippen LogP contribution < -0.4 is 4.72 Å². The Morgan fingerprint density at radius 1 is 1.13 bits per heavy atom. The second kappa shape index (κ2) is 7.81. The van der Waals surface area contributed by atoms with E-state index in [4.69, 9.17) is 11.6 Å². The molecule has 0 bridgehead atoms. The van der Waals surface area contributed by atoms with E-state index in [0.717, 1.165) is 25.0 Å². The predicted octanol–water partition coefficient (Wildman–Crippen LogP) is 4.35. The zero-order valence-corrected chi connectivity index (χ0v) is 18.2. The third-order valence-corrected chi connectivity index (χ3v) is 7.19. The van der Waals surface area contributed by atoms with Crippen molar-refractivity contribution >= 4 is 33.2 Å². The summed E-state index contributed by atoms with van der Waals surface area (Å²) in [6.07, 6.45) is -3.07. The minimum atomic E-state index is -4.74. The van der Waals surface area contributed by atoms with Gasteiger partial charge in [-0.2, -0.15) is 13.2 Å². The van der Waals surface area contributed by atoms with Crippen LogP contribution in [0.4, 0.5) is 18.9 Å². The van der Waals surface area contributed by atoms with E-state index in [1.54, 1.807) is 30.4 Å². The van der Waals surface area contributed by atoms with Gasteiger partial charge in [-0.05, 0) is 44.9 Å². The van der Waals surface area contributed by atoms with Crippen molar-refractivity contribution in [3.63, 3.8) is 0 Å². The van der Waals surface area contributed by atoms with Gasteiger partial charge in [0, 0.05) is 37.2 Å². The van der Waals surface area contributed by atoms with E-state index >= 15 is 0 Å². The molecule has 3 rings (SSSR count). The number of halogens is 4. The highest BCUT2D eigenvalue weighted by Crippen LogP contribution is 2.37. The van der Waals surface area contributed by atoms with Gasteiger partial charge >= 0.3 is 6.18 Å². The fraction of sp³-hybridized carbons (Fsp3) is 0.421. The number of likely N-dealkylation sites (tertiary alicyclic amines) is 1. The molecule has 0 unspecified atom stereocenters. The summed E-state index contributed by atoms with van der Waals surface area (Å²) in [6, 6.07) is 2.75. The fourth-order valence-corrected chi connectivity index (χ4v) is 5.38. The molecular formula is C19H21ClF3N3O3S. The molecule has 1 amide bonds. The van der Waals surface area contributed by atoms with Gasteiger partial charge in [-0.3, -0.25) is 9.52 Å². The summed E-state index contributed by atoms with van der Waals surface area (Å²) in [5.41, 5.74) is -0.635. The van der Waals surface area contributed by atoms with Gasteiger partial charge < -0.3 is 9.47 Å². The van der Waals surface area contributed by atoms with Crippen LogP contribution >= 0.6 is 11.6 Å². The standard InChI is InChI=1S/C19H21ClF3N3O3S/c1-11-16(18(27)26-8-4-5-9-26)17(12(2)25(11)3)30(28,29)24-13-6-7-15(20)14(10-13)19(21,22)23/h6-7,10,24H,4-5,8-9H2,1-3H3. The lowest BCUT2D eigenvalue weighted by atomic mass is 10.2. The number of carbonyl (C=O) groups is 1. The summed E-state index contributed by atoms with van der Waals surface area (Å²) in [5.74, 6) is -0.402. The molecule has 1 N–H and O–H groups in total. The number of rotatable bonds is 4. The molecule has 2 aromatic rings. The Morgan fingerprint density at radius 3 is 2.30 bits per heavy atom. The Balaban J connectivity index is 2.07. The van der Waals surface area contributed by atoms with E-state index in [1.807, 2.05) is 0 Å². The molecule has 1 aliphatic rings. The third kappa shape index (κ3) is 4.02. The number of carbonyl (C=O) groups excluding carboxylic acids is 1. The van der Waals surface area contributed by atoms with Crippen LogP contribution in [-0.4, -0.2) is 36.9 Å². The maximum absolute atomic E-state index is 13.2. The van der Waals surface area contributed by atoms with E-state index < -0.39 is 32.7 Å². The van der Waals surface area contributed by atoms with Gasteiger partial charge in [-0.15, -0.1) is 0 Å². The van der Waals surface area contributed by atoms with Gasteiger partial charge in [0.05, 0.1) is 16.1 Å². The first-order valence-corrected chi connectivity index (χ1v) is 11.1. The van der Waals surface area contributed by atoms with E-state index in [2.05, 4.69) is 4.72 Å². The lowest BCUT2D eigenvalue weighted by Gasteiger charge is -2.17. The molecule has 1 fully saturated rings. The number of benzene rings is 1. The van der Waals surface area contributed by atoms with Gasteiger partial charge in [0.1, 0.15) is 4.90 Å². The van der Waals surface area contributed by atoms with Crippen molar-refractivity contribution in [2.45, 2.75) is 37.8 Å². The highest BCUT2D eigenvalue weighted by atomic mass is 35.5. The first-order chi connectivity index (χ1) is 13.8. The van der Waals surface area contributed by atoms with Gasteiger partial charge in [0.15, 0.2) is 0 Å². The van der Waals surface area contributed by atoms with Gasteiger partial charge in [0.25, 0.3) is 15.9 Å². The topological polar surface area (TPSA) is 71.4 Å². The Labute approximate surface area is 177 Å². The van der Waals surface area contributed by atoms with Crippen LogP contribution in [0, 0.1) is 13.8 Å². The molecule has 6 nitrogen and oxygen atoms in total. The van der Waals surface area contributed by atoms with Gasteiger partial charge in [-0.1, -0.05) is 11.6 Å². The number of aromatic nitrogens is 1. The first kappa shape index (κ1) is 22.5. The number of nitrogens with one attached hydrogen (secondary N) is 1. The summed E-state index contributed by atoms with van der Waals surface area (Å²) in [5, 5.41) is -0.540. The quantitative estimate of drug-likeness (QED) is 0.732. The monoisotopic (exact) mass is 463 g/mol. The SMILES string of the molecule is Cc1c(C(=O)N2CCCC2)c(S(=O)(=O)Nc2ccc(Cl)c(C(F)(F)F)c2)c(C)n1C. The summed E-state index contributed by atoms with van der Waals surface area (Å²) < 4.78 is 69.5. The molecule has 0 atom stereocenters. The van der Waals surface area contributed by atoms with E-state index in [1.165, 1.54) is 0 Å². The lowest BCUT2D eigenvalue weighted by Crippen LogP contribution is -2.30.